The van der Waals surface area contributed by atoms with Crippen LogP contribution in [0.3, 0.4) is 0 Å². The van der Waals surface area contributed by atoms with Crippen LogP contribution >= 0.6 is 11.6 Å². The van der Waals surface area contributed by atoms with Gasteiger partial charge in [0.15, 0.2) is 0 Å². The van der Waals surface area contributed by atoms with E-state index in [9.17, 15) is 14.4 Å². The van der Waals surface area contributed by atoms with Gasteiger partial charge in [-0.1, -0.05) is 0 Å². The van der Waals surface area contributed by atoms with Crippen molar-refractivity contribution in [1.82, 2.24) is 0 Å². The Labute approximate surface area is 92.8 Å². The van der Waals surface area contributed by atoms with Crippen LogP contribution in [-0.4, -0.2) is 32.2 Å². The van der Waals surface area contributed by atoms with Gasteiger partial charge in [-0.25, -0.2) is 0 Å². The summed E-state index contributed by atoms with van der Waals surface area (Å²) in [6, 6.07) is 0. The molecule has 8 heteroatoms. The second kappa shape index (κ2) is 5.71. The molecule has 0 amide bonds. The summed E-state index contributed by atoms with van der Waals surface area (Å²) in [6.07, 6.45) is 0. The van der Waals surface area contributed by atoms with E-state index in [0.29, 0.717) is 0 Å². The van der Waals surface area contributed by atoms with E-state index < -0.39 is 26.7 Å². The molecule has 0 spiro atoms. The zero-order valence-electron chi connectivity index (χ0n) is 8.53. The molecule has 0 aliphatic rings. The van der Waals surface area contributed by atoms with Crippen molar-refractivity contribution in [2.24, 2.45) is 0 Å². The van der Waals surface area contributed by atoms with Crippen molar-refractivity contribution in [2.45, 2.75) is 20.8 Å². The summed E-state index contributed by atoms with van der Waals surface area (Å²) in [5.74, 6) is -2.19. The molecule has 0 saturated heterocycles. The molecule has 0 saturated carbocycles. The first-order valence-electron chi connectivity index (χ1n) is 3.96. The second-order valence-electron chi connectivity index (χ2n) is 2.60. The van der Waals surface area contributed by atoms with Gasteiger partial charge in [-0.05, 0) is 0 Å². The van der Waals surface area contributed by atoms with Crippen molar-refractivity contribution in [2.75, 3.05) is 5.50 Å². The number of carbonyl (C=O) groups is 3. The molecule has 6 nitrogen and oxygen atoms in total. The van der Waals surface area contributed by atoms with Gasteiger partial charge in [-0.3, -0.25) is 14.4 Å². The lowest BCUT2D eigenvalue weighted by Crippen LogP contribution is -2.51. The highest BCUT2D eigenvalue weighted by Gasteiger charge is 2.51. The van der Waals surface area contributed by atoms with Gasteiger partial charge in [0.05, 0.1) is 0 Å². The van der Waals surface area contributed by atoms with Crippen LogP contribution in [0.1, 0.15) is 20.8 Å². The molecule has 0 atom stereocenters. The topological polar surface area (TPSA) is 78.9 Å². The van der Waals surface area contributed by atoms with Gasteiger partial charge >= 0.3 is 8.80 Å². The Bertz CT molecular complexity index is 238. The average molecular weight is 255 g/mol. The smallest absolute Gasteiger partial charge is 0.455 e. The standard InChI is InChI=1S/C7H11ClO6Si/c1-5(9)12-15(4-8,13-6(2)10)14-7(3)11/h4H2,1-3H3. The van der Waals surface area contributed by atoms with Crippen molar-refractivity contribution in [3.05, 3.63) is 0 Å². The van der Waals surface area contributed by atoms with Crippen molar-refractivity contribution >= 4 is 38.3 Å². The third-order valence-corrected chi connectivity index (χ3v) is 4.17. The Morgan fingerprint density at radius 2 is 1.20 bits per heavy atom. The number of hydrogen-bond acceptors (Lipinski definition) is 6. The van der Waals surface area contributed by atoms with Crippen LogP contribution in [-0.2, 0) is 27.7 Å². The third kappa shape index (κ3) is 5.38. The molecule has 0 radical (unpaired) electrons. The Morgan fingerprint density at radius 3 is 1.33 bits per heavy atom. The molecule has 0 aliphatic carbocycles. The maximum atomic E-state index is 10.8. The first-order valence-corrected chi connectivity index (χ1v) is 6.42. The molecule has 0 rings (SSSR count). The van der Waals surface area contributed by atoms with Gasteiger partial charge in [0.1, 0.15) is 5.50 Å². The predicted octanol–water partition coefficient (Wildman–Crippen LogP) is 0.393. The van der Waals surface area contributed by atoms with E-state index in [1.807, 2.05) is 0 Å². The van der Waals surface area contributed by atoms with Crippen LogP contribution in [0.15, 0.2) is 0 Å². The molecule has 86 valence electrons. The molecule has 0 bridgehead atoms. The van der Waals surface area contributed by atoms with Crippen molar-refractivity contribution < 1.29 is 27.7 Å². The normalized spacial score (nSPS) is 10.4. The molecule has 0 N–H and O–H groups in total. The molecule has 0 heterocycles. The number of hydrogen-bond donors (Lipinski definition) is 0. The van der Waals surface area contributed by atoms with E-state index in [2.05, 4.69) is 0 Å². The minimum Gasteiger partial charge on any atom is -0.455 e. The number of carbonyl (C=O) groups excluding carboxylic acids is 3. The number of rotatable bonds is 4. The fourth-order valence-corrected chi connectivity index (χ4v) is 2.89. The predicted molar refractivity (Wildman–Crippen MR) is 51.8 cm³/mol. The molecular weight excluding hydrogens is 244 g/mol. The van der Waals surface area contributed by atoms with E-state index in [4.69, 9.17) is 24.9 Å². The Morgan fingerprint density at radius 1 is 0.933 bits per heavy atom. The first kappa shape index (κ1) is 13.9. The van der Waals surface area contributed by atoms with Crippen LogP contribution in [0.2, 0.25) is 0 Å². The van der Waals surface area contributed by atoms with Gasteiger partial charge in [0.2, 0.25) is 0 Å². The lowest BCUT2D eigenvalue weighted by Gasteiger charge is -2.23. The maximum Gasteiger partial charge on any atom is 0.720 e. The molecule has 15 heavy (non-hydrogen) atoms. The van der Waals surface area contributed by atoms with Crippen molar-refractivity contribution in [3.63, 3.8) is 0 Å². The van der Waals surface area contributed by atoms with Gasteiger partial charge in [0.25, 0.3) is 17.9 Å². The van der Waals surface area contributed by atoms with Gasteiger partial charge in [-0.15, -0.1) is 11.6 Å². The van der Waals surface area contributed by atoms with Gasteiger partial charge < -0.3 is 13.3 Å². The van der Waals surface area contributed by atoms with Crippen LogP contribution in [0, 0.1) is 0 Å². The minimum atomic E-state index is -3.74. The average Bonchev–Trinajstić information content (AvgIpc) is 1.99. The largest absolute Gasteiger partial charge is 0.720 e. The minimum absolute atomic E-state index is 0.369. The zero-order valence-corrected chi connectivity index (χ0v) is 10.3. The summed E-state index contributed by atoms with van der Waals surface area (Å²) in [5.41, 5.74) is -0.369. The van der Waals surface area contributed by atoms with Crippen LogP contribution in [0.25, 0.3) is 0 Å². The third-order valence-electron chi connectivity index (χ3n) is 1.06. The molecule has 0 fully saturated rings. The maximum absolute atomic E-state index is 10.8. The van der Waals surface area contributed by atoms with Crippen molar-refractivity contribution in [3.8, 4) is 0 Å². The van der Waals surface area contributed by atoms with E-state index >= 15 is 0 Å². The molecule has 0 aliphatic heterocycles. The lowest BCUT2D eigenvalue weighted by atomic mass is 10.9. The summed E-state index contributed by atoms with van der Waals surface area (Å²) >= 11 is 5.49. The monoisotopic (exact) mass is 254 g/mol. The summed E-state index contributed by atoms with van der Waals surface area (Å²) < 4.78 is 14.1. The fraction of sp³-hybridized carbons (Fsp3) is 0.571. The summed E-state index contributed by atoms with van der Waals surface area (Å²) in [4.78, 5) is 32.3. The molecule has 0 aromatic rings. The Balaban J connectivity index is 4.81. The van der Waals surface area contributed by atoms with Gasteiger partial charge in [0, 0.05) is 20.8 Å². The molecule has 0 aromatic heterocycles. The summed E-state index contributed by atoms with van der Waals surface area (Å²) in [6.45, 7) is 3.30. The quantitative estimate of drug-likeness (QED) is 0.534. The fourth-order valence-electron chi connectivity index (χ4n) is 0.801. The van der Waals surface area contributed by atoms with Crippen LogP contribution in [0.4, 0.5) is 0 Å². The molecule has 0 aromatic carbocycles. The van der Waals surface area contributed by atoms with E-state index in [0.717, 1.165) is 20.8 Å². The van der Waals surface area contributed by atoms with Crippen LogP contribution in [0.5, 0.6) is 0 Å². The SMILES string of the molecule is CC(=O)O[Si](CCl)(OC(C)=O)OC(C)=O. The first-order chi connectivity index (χ1) is 6.81. The van der Waals surface area contributed by atoms with Gasteiger partial charge in [-0.2, -0.15) is 0 Å². The number of alkyl halides is 1. The number of halogens is 1. The summed E-state index contributed by atoms with van der Waals surface area (Å²) in [5, 5.41) is 0. The van der Waals surface area contributed by atoms with E-state index in [1.54, 1.807) is 0 Å². The zero-order chi connectivity index (χ0) is 12.1. The highest BCUT2D eigenvalue weighted by Crippen LogP contribution is 2.13. The Hall–Kier alpha value is -1.08. The van der Waals surface area contributed by atoms with E-state index in [-0.39, 0.29) is 5.50 Å². The van der Waals surface area contributed by atoms with E-state index in [1.165, 1.54) is 0 Å². The van der Waals surface area contributed by atoms with Crippen LogP contribution < -0.4 is 0 Å². The molecular formula is C7H11ClO6Si. The Kier molecular flexibility index (Phi) is 5.30. The van der Waals surface area contributed by atoms with Crippen molar-refractivity contribution in [1.29, 1.82) is 0 Å². The highest BCUT2D eigenvalue weighted by atomic mass is 35.5. The summed E-state index contributed by atoms with van der Waals surface area (Å²) in [7, 11) is -3.74. The highest BCUT2D eigenvalue weighted by molar-refractivity contribution is 6.72. The second-order valence-corrected chi connectivity index (χ2v) is 5.65. The lowest BCUT2D eigenvalue weighted by molar-refractivity contribution is -0.147. The molecule has 0 unspecified atom stereocenters.